The van der Waals surface area contributed by atoms with Crippen molar-refractivity contribution in [2.75, 3.05) is 0 Å². The summed E-state index contributed by atoms with van der Waals surface area (Å²) in [6.07, 6.45) is 8.76. The van der Waals surface area contributed by atoms with Crippen molar-refractivity contribution < 1.29 is 0 Å². The zero-order chi connectivity index (χ0) is 9.83. The minimum atomic E-state index is 0.575. The van der Waals surface area contributed by atoms with Gasteiger partial charge >= 0.3 is 0 Å². The lowest BCUT2D eigenvalue weighted by atomic mass is 10.1. The van der Waals surface area contributed by atoms with Crippen molar-refractivity contribution in [3.05, 3.63) is 52.7 Å². The van der Waals surface area contributed by atoms with Crippen molar-refractivity contribution >= 4 is 22.9 Å². The van der Waals surface area contributed by atoms with E-state index in [1.165, 1.54) is 21.6 Å². The highest BCUT2D eigenvalue weighted by Crippen LogP contribution is 2.32. The summed E-state index contributed by atoms with van der Waals surface area (Å²) in [5, 5.41) is 4.95. The summed E-state index contributed by atoms with van der Waals surface area (Å²) >= 11 is 0. The van der Waals surface area contributed by atoms with Crippen LogP contribution < -0.4 is 10.6 Å². The number of fused-ring (bicyclic) bond motifs is 4. The van der Waals surface area contributed by atoms with Gasteiger partial charge in [0.2, 0.25) is 0 Å². The molecular weight excluding hydrogens is 182 g/mol. The molecule has 4 rings (SSSR count). The van der Waals surface area contributed by atoms with E-state index < -0.39 is 0 Å². The van der Waals surface area contributed by atoms with Crippen molar-refractivity contribution in [1.29, 1.82) is 0 Å². The monoisotopic (exact) mass is 191 g/mol. The fraction of sp³-hybridized carbons (Fsp3) is 0.0714. The molecule has 0 fully saturated rings. The average molecular weight is 191 g/mol. The summed E-state index contributed by atoms with van der Waals surface area (Å²) in [6, 6.07) is 8.43. The molecule has 1 unspecified atom stereocenters. The fourth-order valence-corrected chi connectivity index (χ4v) is 2.27. The largest absolute Gasteiger partial charge is 0.256 e. The van der Waals surface area contributed by atoms with E-state index >= 15 is 0 Å². The van der Waals surface area contributed by atoms with E-state index in [1.54, 1.807) is 0 Å². The number of benzene rings is 1. The third kappa shape index (κ3) is 0.949. The van der Waals surface area contributed by atoms with Crippen LogP contribution in [0, 0.1) is 5.92 Å². The predicted molar refractivity (Wildman–Crippen MR) is 61.5 cm³/mol. The summed E-state index contributed by atoms with van der Waals surface area (Å²) in [5.41, 5.74) is 1.45. The maximum atomic E-state index is 4.50. The molecule has 0 aliphatic heterocycles. The van der Waals surface area contributed by atoms with Crippen molar-refractivity contribution in [2.45, 2.75) is 0 Å². The van der Waals surface area contributed by atoms with Gasteiger partial charge in [-0.05, 0) is 23.1 Å². The van der Waals surface area contributed by atoms with Gasteiger partial charge in [-0.25, -0.2) is 0 Å². The first kappa shape index (κ1) is 7.41. The number of hydrogen-bond acceptors (Lipinski definition) is 1. The molecular formula is C14H9N. The van der Waals surface area contributed by atoms with E-state index in [9.17, 15) is 0 Å². The number of allylic oxidation sites excluding steroid dienone is 2. The van der Waals surface area contributed by atoms with Crippen molar-refractivity contribution in [3.8, 4) is 0 Å². The zero-order valence-corrected chi connectivity index (χ0v) is 8.14. The average Bonchev–Trinajstić information content (AvgIpc) is 3.04. The molecule has 0 N–H and O–H groups in total. The Hall–Kier alpha value is -1.89. The molecule has 70 valence electrons. The lowest BCUT2D eigenvalue weighted by molar-refractivity contribution is 1.18. The number of aromatic nitrogens is 1. The summed E-state index contributed by atoms with van der Waals surface area (Å²) in [6.45, 7) is 0. The van der Waals surface area contributed by atoms with Crippen LogP contribution in [0.5, 0.6) is 0 Å². The fourth-order valence-electron chi connectivity index (χ4n) is 2.27. The molecule has 0 radical (unpaired) electrons. The van der Waals surface area contributed by atoms with Gasteiger partial charge in [-0.3, -0.25) is 4.98 Å². The van der Waals surface area contributed by atoms with Crippen molar-refractivity contribution in [1.82, 2.24) is 4.98 Å². The summed E-state index contributed by atoms with van der Waals surface area (Å²) in [4.78, 5) is 4.50. The molecule has 2 aliphatic rings. The second-order valence-corrected chi connectivity index (χ2v) is 4.15. The normalized spacial score (nSPS) is 20.8. The number of rotatable bonds is 0. The van der Waals surface area contributed by atoms with Crippen molar-refractivity contribution in [2.24, 2.45) is 5.92 Å². The molecule has 0 saturated carbocycles. The van der Waals surface area contributed by atoms with Gasteiger partial charge in [0.25, 0.3) is 0 Å². The quantitative estimate of drug-likeness (QED) is 0.613. The Kier molecular flexibility index (Phi) is 1.17. The third-order valence-corrected chi connectivity index (χ3v) is 3.17. The third-order valence-electron chi connectivity index (χ3n) is 3.17. The van der Waals surface area contributed by atoms with E-state index in [4.69, 9.17) is 0 Å². The van der Waals surface area contributed by atoms with Crippen LogP contribution in [0.3, 0.4) is 0 Å². The first-order chi connectivity index (χ1) is 7.42. The van der Waals surface area contributed by atoms with Crippen molar-refractivity contribution in [3.63, 3.8) is 0 Å². The Balaban J connectivity index is 2.30. The summed E-state index contributed by atoms with van der Waals surface area (Å²) < 4.78 is 0. The highest BCUT2D eigenvalue weighted by molar-refractivity contribution is 5.85. The molecule has 0 amide bonds. The van der Waals surface area contributed by atoms with E-state index in [-0.39, 0.29) is 0 Å². The predicted octanol–water partition coefficient (Wildman–Crippen LogP) is 1.37. The van der Waals surface area contributed by atoms with Gasteiger partial charge in [0.05, 0.1) is 5.35 Å². The van der Waals surface area contributed by atoms with Crippen LogP contribution in [-0.4, -0.2) is 4.98 Å². The summed E-state index contributed by atoms with van der Waals surface area (Å²) in [5.74, 6) is 0.575. The molecule has 15 heavy (non-hydrogen) atoms. The van der Waals surface area contributed by atoms with Gasteiger partial charge in [0, 0.05) is 22.7 Å². The standard InChI is InChI=1S/C14H9N/c1-2-4-12-9(3-1)8-15-14-7-11-5-10(11)6-13(12)14/h1-8,11H. The molecule has 1 heterocycles. The Labute approximate surface area is 87.1 Å². The molecule has 1 heteroatoms. The van der Waals surface area contributed by atoms with E-state index in [0.717, 1.165) is 5.35 Å². The van der Waals surface area contributed by atoms with Crippen LogP contribution in [0.2, 0.25) is 0 Å². The van der Waals surface area contributed by atoms with Gasteiger partial charge in [-0.2, -0.15) is 0 Å². The smallest absolute Gasteiger partial charge is 0.0678 e. The first-order valence-electron chi connectivity index (χ1n) is 5.21. The molecule has 0 bridgehead atoms. The number of pyridine rings is 1. The summed E-state index contributed by atoms with van der Waals surface area (Å²) in [7, 11) is 0. The Morgan fingerprint density at radius 1 is 1.07 bits per heavy atom. The van der Waals surface area contributed by atoms with Gasteiger partial charge in [-0.15, -0.1) is 0 Å². The molecule has 1 aromatic carbocycles. The van der Waals surface area contributed by atoms with Gasteiger partial charge < -0.3 is 0 Å². The molecule has 1 nitrogen and oxygen atoms in total. The molecule has 1 aromatic heterocycles. The Morgan fingerprint density at radius 3 is 3.00 bits per heavy atom. The second-order valence-electron chi connectivity index (χ2n) is 4.15. The topological polar surface area (TPSA) is 12.9 Å². The lowest BCUT2D eigenvalue weighted by Gasteiger charge is -2.02. The van der Waals surface area contributed by atoms with Crippen LogP contribution >= 0.6 is 0 Å². The first-order valence-corrected chi connectivity index (χ1v) is 5.21. The maximum Gasteiger partial charge on any atom is 0.0678 e. The molecule has 0 spiro atoms. The molecule has 1 atom stereocenters. The van der Waals surface area contributed by atoms with Crippen LogP contribution in [0.1, 0.15) is 0 Å². The Bertz CT molecular complexity index is 723. The maximum absolute atomic E-state index is 4.50. The van der Waals surface area contributed by atoms with Crippen LogP contribution in [0.4, 0.5) is 0 Å². The van der Waals surface area contributed by atoms with E-state index in [2.05, 4.69) is 47.5 Å². The van der Waals surface area contributed by atoms with Gasteiger partial charge in [0.1, 0.15) is 0 Å². The molecule has 2 aliphatic carbocycles. The van der Waals surface area contributed by atoms with Gasteiger partial charge in [-0.1, -0.05) is 30.3 Å². The number of nitrogens with zero attached hydrogens (tertiary/aromatic N) is 1. The number of hydrogen-bond donors (Lipinski definition) is 0. The Morgan fingerprint density at radius 2 is 2.00 bits per heavy atom. The van der Waals surface area contributed by atoms with Crippen LogP contribution in [-0.2, 0) is 0 Å². The van der Waals surface area contributed by atoms with E-state index in [0.29, 0.717) is 5.92 Å². The minimum absolute atomic E-state index is 0.575. The van der Waals surface area contributed by atoms with Gasteiger partial charge in [0.15, 0.2) is 0 Å². The molecule has 2 aromatic rings. The minimum Gasteiger partial charge on any atom is -0.256 e. The highest BCUT2D eigenvalue weighted by atomic mass is 14.6. The second kappa shape index (κ2) is 2.37. The lowest BCUT2D eigenvalue weighted by Crippen LogP contribution is -2.30. The molecule has 0 saturated heterocycles. The SMILES string of the molecule is C1=C2C=c3c(ncc4ccccc34)=CC12. The van der Waals surface area contributed by atoms with E-state index in [1.807, 2.05) is 6.20 Å². The zero-order valence-electron chi connectivity index (χ0n) is 8.14. The highest BCUT2D eigenvalue weighted by Gasteiger charge is 2.22. The van der Waals surface area contributed by atoms with Crippen LogP contribution in [0.15, 0.2) is 42.1 Å². The van der Waals surface area contributed by atoms with Crippen LogP contribution in [0.25, 0.3) is 22.9 Å².